The Hall–Kier alpha value is -1.29. The van der Waals surface area contributed by atoms with E-state index in [9.17, 15) is 0 Å². The summed E-state index contributed by atoms with van der Waals surface area (Å²) < 4.78 is 10.5. The number of nitrogens with zero attached hydrogens (tertiary/aromatic N) is 1. The minimum atomic E-state index is 0.325. The molecular weight excluding hydrogens is 216 g/mol. The first kappa shape index (κ1) is 13.8. The van der Waals surface area contributed by atoms with Crippen LogP contribution in [0, 0.1) is 0 Å². The lowest BCUT2D eigenvalue weighted by molar-refractivity contribution is 0.0765. The third-order valence-corrected chi connectivity index (χ3v) is 2.30. The molecule has 0 saturated heterocycles. The van der Waals surface area contributed by atoms with Gasteiger partial charge in [-0.15, -0.1) is 0 Å². The van der Waals surface area contributed by atoms with Crippen LogP contribution in [0.15, 0.2) is 18.3 Å². The summed E-state index contributed by atoms with van der Waals surface area (Å²) in [4.78, 5) is 4.23. The van der Waals surface area contributed by atoms with Crippen molar-refractivity contribution in [1.82, 2.24) is 4.98 Å². The number of aromatic nitrogens is 1. The van der Waals surface area contributed by atoms with Gasteiger partial charge in [0.25, 0.3) is 0 Å². The van der Waals surface area contributed by atoms with Crippen LogP contribution in [0.4, 0.5) is 5.82 Å². The largest absolute Gasteiger partial charge is 0.495 e. The van der Waals surface area contributed by atoms with Crippen LogP contribution in [0.1, 0.15) is 26.7 Å². The quantitative estimate of drug-likeness (QED) is 0.707. The van der Waals surface area contributed by atoms with Gasteiger partial charge in [-0.1, -0.05) is 0 Å². The van der Waals surface area contributed by atoms with Gasteiger partial charge in [0.15, 0.2) is 0 Å². The fourth-order valence-electron chi connectivity index (χ4n) is 1.37. The minimum absolute atomic E-state index is 0.325. The van der Waals surface area contributed by atoms with E-state index in [0.29, 0.717) is 6.10 Å². The van der Waals surface area contributed by atoms with Crippen molar-refractivity contribution in [3.05, 3.63) is 18.3 Å². The number of anilines is 1. The first-order valence-electron chi connectivity index (χ1n) is 6.08. The Morgan fingerprint density at radius 1 is 1.29 bits per heavy atom. The molecule has 0 aliphatic carbocycles. The van der Waals surface area contributed by atoms with Gasteiger partial charge in [0.05, 0.1) is 19.4 Å². The van der Waals surface area contributed by atoms with E-state index in [1.165, 1.54) is 0 Å². The molecule has 1 rings (SSSR count). The van der Waals surface area contributed by atoms with E-state index in [0.717, 1.165) is 37.6 Å². The van der Waals surface area contributed by atoms with Crippen LogP contribution in [0.25, 0.3) is 0 Å². The van der Waals surface area contributed by atoms with E-state index >= 15 is 0 Å². The Kier molecular flexibility index (Phi) is 6.40. The zero-order valence-corrected chi connectivity index (χ0v) is 10.9. The number of pyridine rings is 1. The van der Waals surface area contributed by atoms with Crippen LogP contribution in [0.5, 0.6) is 5.75 Å². The highest BCUT2D eigenvalue weighted by atomic mass is 16.5. The van der Waals surface area contributed by atoms with Crippen LogP contribution in [0.3, 0.4) is 0 Å². The molecule has 0 radical (unpaired) electrons. The summed E-state index contributed by atoms with van der Waals surface area (Å²) in [7, 11) is 1.64. The normalized spacial score (nSPS) is 10.6. The number of methoxy groups -OCH3 is 1. The maximum Gasteiger partial charge on any atom is 0.137 e. The molecular formula is C13H22N2O2. The molecule has 0 aliphatic rings. The lowest BCUT2D eigenvalue weighted by atomic mass is 10.3. The van der Waals surface area contributed by atoms with Crippen molar-refractivity contribution in [2.75, 3.05) is 25.6 Å². The topological polar surface area (TPSA) is 43.4 Å². The predicted octanol–water partition coefficient (Wildman–Crippen LogP) is 2.71. The number of rotatable bonds is 8. The minimum Gasteiger partial charge on any atom is -0.495 e. The smallest absolute Gasteiger partial charge is 0.137 e. The second-order valence-corrected chi connectivity index (χ2v) is 4.14. The molecule has 4 heteroatoms. The maximum atomic E-state index is 5.46. The molecule has 4 nitrogen and oxygen atoms in total. The first-order chi connectivity index (χ1) is 8.22. The molecule has 0 fully saturated rings. The van der Waals surface area contributed by atoms with E-state index < -0.39 is 0 Å². The van der Waals surface area contributed by atoms with E-state index in [-0.39, 0.29) is 0 Å². The lowest BCUT2D eigenvalue weighted by Crippen LogP contribution is -2.07. The summed E-state index contributed by atoms with van der Waals surface area (Å²) in [6.45, 7) is 5.86. The molecule has 96 valence electrons. The van der Waals surface area contributed by atoms with Crippen molar-refractivity contribution in [1.29, 1.82) is 0 Å². The van der Waals surface area contributed by atoms with Crippen molar-refractivity contribution in [3.8, 4) is 5.75 Å². The summed E-state index contributed by atoms with van der Waals surface area (Å²) >= 11 is 0. The van der Waals surface area contributed by atoms with Gasteiger partial charge in [0.1, 0.15) is 11.6 Å². The van der Waals surface area contributed by atoms with Gasteiger partial charge in [-0.3, -0.25) is 0 Å². The summed E-state index contributed by atoms with van der Waals surface area (Å²) in [5.41, 5.74) is 0. The van der Waals surface area contributed by atoms with Crippen molar-refractivity contribution in [2.45, 2.75) is 32.8 Å². The number of unbranched alkanes of at least 4 members (excludes halogenated alkanes) is 1. The highest BCUT2D eigenvalue weighted by molar-refractivity contribution is 5.37. The number of nitrogens with one attached hydrogen (secondary N) is 1. The van der Waals surface area contributed by atoms with Gasteiger partial charge in [0, 0.05) is 13.2 Å². The molecule has 0 spiro atoms. The molecule has 1 aromatic rings. The first-order valence-corrected chi connectivity index (χ1v) is 6.08. The number of hydrogen-bond donors (Lipinski definition) is 1. The average Bonchev–Trinajstić information content (AvgIpc) is 2.34. The molecule has 0 saturated carbocycles. The second kappa shape index (κ2) is 7.90. The van der Waals surface area contributed by atoms with Crippen molar-refractivity contribution < 1.29 is 9.47 Å². The van der Waals surface area contributed by atoms with Crippen molar-refractivity contribution >= 4 is 5.82 Å². The monoisotopic (exact) mass is 238 g/mol. The molecule has 1 N–H and O–H groups in total. The highest BCUT2D eigenvalue weighted by Gasteiger charge is 1.96. The molecule has 17 heavy (non-hydrogen) atoms. The Morgan fingerprint density at radius 2 is 2.12 bits per heavy atom. The van der Waals surface area contributed by atoms with Crippen molar-refractivity contribution in [3.63, 3.8) is 0 Å². The van der Waals surface area contributed by atoms with Crippen LogP contribution in [-0.4, -0.2) is 31.3 Å². The van der Waals surface area contributed by atoms with Crippen LogP contribution < -0.4 is 10.1 Å². The van der Waals surface area contributed by atoms with Crippen LogP contribution in [-0.2, 0) is 4.74 Å². The molecule has 0 atom stereocenters. The summed E-state index contributed by atoms with van der Waals surface area (Å²) in [5, 5.41) is 3.26. The summed E-state index contributed by atoms with van der Waals surface area (Å²) in [6, 6.07) is 3.82. The number of ether oxygens (including phenoxy) is 2. The van der Waals surface area contributed by atoms with Gasteiger partial charge in [0.2, 0.25) is 0 Å². The average molecular weight is 238 g/mol. The zero-order chi connectivity index (χ0) is 12.5. The third-order valence-electron chi connectivity index (χ3n) is 2.30. The van der Waals surface area contributed by atoms with E-state index in [4.69, 9.17) is 9.47 Å². The standard InChI is InChI=1S/C13H22N2O2/c1-11(2)17-9-5-4-8-14-13-7-6-12(16-3)10-15-13/h6-7,10-11H,4-5,8-9H2,1-3H3,(H,14,15). The third kappa shape index (κ3) is 6.12. The van der Waals surface area contributed by atoms with E-state index in [1.54, 1.807) is 13.3 Å². The second-order valence-electron chi connectivity index (χ2n) is 4.14. The molecule has 0 bridgehead atoms. The molecule has 0 aromatic carbocycles. The Bertz CT molecular complexity index is 299. The van der Waals surface area contributed by atoms with E-state index in [1.807, 2.05) is 12.1 Å². The van der Waals surface area contributed by atoms with Crippen LogP contribution in [0.2, 0.25) is 0 Å². The van der Waals surface area contributed by atoms with Gasteiger partial charge >= 0.3 is 0 Å². The molecule has 1 aromatic heterocycles. The van der Waals surface area contributed by atoms with E-state index in [2.05, 4.69) is 24.1 Å². The van der Waals surface area contributed by atoms with Gasteiger partial charge < -0.3 is 14.8 Å². The Balaban J connectivity index is 2.09. The molecule has 0 unspecified atom stereocenters. The van der Waals surface area contributed by atoms with Gasteiger partial charge in [-0.25, -0.2) is 4.98 Å². The van der Waals surface area contributed by atoms with Gasteiger partial charge in [-0.05, 0) is 38.8 Å². The Morgan fingerprint density at radius 3 is 2.71 bits per heavy atom. The zero-order valence-electron chi connectivity index (χ0n) is 10.9. The maximum absolute atomic E-state index is 5.46. The fourth-order valence-corrected chi connectivity index (χ4v) is 1.37. The molecule has 0 amide bonds. The van der Waals surface area contributed by atoms with Crippen molar-refractivity contribution in [2.24, 2.45) is 0 Å². The number of hydrogen-bond acceptors (Lipinski definition) is 4. The highest BCUT2D eigenvalue weighted by Crippen LogP contribution is 2.11. The summed E-state index contributed by atoms with van der Waals surface area (Å²) in [6.07, 6.45) is 4.19. The Labute approximate surface area is 103 Å². The SMILES string of the molecule is COc1ccc(NCCCCOC(C)C)nc1. The van der Waals surface area contributed by atoms with Gasteiger partial charge in [-0.2, -0.15) is 0 Å². The fraction of sp³-hybridized carbons (Fsp3) is 0.615. The molecule has 0 aliphatic heterocycles. The summed E-state index contributed by atoms with van der Waals surface area (Å²) in [5.74, 6) is 1.66. The lowest BCUT2D eigenvalue weighted by Gasteiger charge is -2.08. The predicted molar refractivity (Wildman–Crippen MR) is 69.6 cm³/mol. The molecule has 1 heterocycles. The van der Waals surface area contributed by atoms with Crippen LogP contribution >= 0.6 is 0 Å².